The Morgan fingerprint density at radius 3 is 1.97 bits per heavy atom. The van der Waals surface area contributed by atoms with Crippen LogP contribution in [0.4, 0.5) is 0 Å². The van der Waals surface area contributed by atoms with Gasteiger partial charge >= 0.3 is 5.97 Å². The molecule has 0 unspecified atom stereocenters. The summed E-state index contributed by atoms with van der Waals surface area (Å²) >= 11 is 0. The highest BCUT2D eigenvalue weighted by Crippen LogP contribution is 2.39. The SMILES string of the molecule is COc1cc(CN(C(=O)COc2c(OC)cccc2C(=O)O)[C@H](C)c2ccccc2)cc(OC)c1OC. The van der Waals surface area contributed by atoms with Gasteiger partial charge in [-0.1, -0.05) is 36.4 Å². The Labute approximate surface area is 216 Å². The number of benzene rings is 3. The summed E-state index contributed by atoms with van der Waals surface area (Å²) in [5.41, 5.74) is 1.57. The number of nitrogens with zero attached hydrogens (tertiary/aromatic N) is 1. The predicted octanol–water partition coefficient (Wildman–Crippen LogP) is 4.59. The molecular weight excluding hydrogens is 478 g/mol. The number of methoxy groups -OCH3 is 4. The molecule has 3 rings (SSSR count). The van der Waals surface area contributed by atoms with Crippen LogP contribution in [-0.2, 0) is 11.3 Å². The number of amides is 1. The molecule has 9 heteroatoms. The van der Waals surface area contributed by atoms with Gasteiger partial charge in [0.25, 0.3) is 5.91 Å². The standard InChI is InChI=1S/C28H31NO8/c1-18(20-10-7-6-8-11-20)29(16-19-14-23(34-3)27(36-5)24(15-19)35-4)25(30)17-37-26-21(28(31)32)12-9-13-22(26)33-2/h6-15,18H,16-17H2,1-5H3,(H,31,32)/t18-/m1/s1. The molecule has 0 aromatic heterocycles. The maximum absolute atomic E-state index is 13.6. The Bertz CT molecular complexity index is 1200. The Morgan fingerprint density at radius 2 is 1.43 bits per heavy atom. The lowest BCUT2D eigenvalue weighted by Gasteiger charge is -2.30. The quantitative estimate of drug-likeness (QED) is 0.378. The third-order valence-electron chi connectivity index (χ3n) is 5.92. The highest BCUT2D eigenvalue weighted by atomic mass is 16.5. The van der Waals surface area contributed by atoms with Crippen LogP contribution in [0, 0.1) is 0 Å². The van der Waals surface area contributed by atoms with Crippen molar-refractivity contribution in [1.29, 1.82) is 0 Å². The zero-order valence-corrected chi connectivity index (χ0v) is 21.5. The lowest BCUT2D eigenvalue weighted by atomic mass is 10.1. The fraction of sp³-hybridized carbons (Fsp3) is 0.286. The second kappa shape index (κ2) is 12.5. The maximum Gasteiger partial charge on any atom is 0.339 e. The Hall–Kier alpha value is -4.40. The van der Waals surface area contributed by atoms with E-state index >= 15 is 0 Å². The largest absolute Gasteiger partial charge is 0.493 e. The van der Waals surface area contributed by atoms with E-state index in [2.05, 4.69) is 0 Å². The van der Waals surface area contributed by atoms with Crippen molar-refractivity contribution in [2.45, 2.75) is 19.5 Å². The van der Waals surface area contributed by atoms with Gasteiger partial charge in [0.15, 0.2) is 29.6 Å². The van der Waals surface area contributed by atoms with Crippen LogP contribution in [0.25, 0.3) is 0 Å². The number of carbonyl (C=O) groups excluding carboxylic acids is 1. The molecule has 0 spiro atoms. The number of ether oxygens (including phenoxy) is 5. The molecule has 0 aliphatic carbocycles. The van der Waals surface area contributed by atoms with E-state index in [1.165, 1.54) is 34.5 Å². The van der Waals surface area contributed by atoms with Gasteiger partial charge in [-0.2, -0.15) is 0 Å². The zero-order chi connectivity index (χ0) is 26.9. The molecule has 1 amide bonds. The van der Waals surface area contributed by atoms with Crippen LogP contribution in [-0.4, -0.2) is 56.9 Å². The summed E-state index contributed by atoms with van der Waals surface area (Å²) in [6, 6.07) is 17.3. The third kappa shape index (κ3) is 6.24. The fourth-order valence-electron chi connectivity index (χ4n) is 3.99. The van der Waals surface area contributed by atoms with Crippen molar-refractivity contribution in [2.75, 3.05) is 35.0 Å². The monoisotopic (exact) mass is 509 g/mol. The smallest absolute Gasteiger partial charge is 0.339 e. The van der Waals surface area contributed by atoms with Gasteiger partial charge in [-0.15, -0.1) is 0 Å². The first-order chi connectivity index (χ1) is 17.8. The van der Waals surface area contributed by atoms with Gasteiger partial charge in [-0.05, 0) is 42.3 Å². The third-order valence-corrected chi connectivity index (χ3v) is 5.92. The highest BCUT2D eigenvalue weighted by Gasteiger charge is 2.25. The fourth-order valence-corrected chi connectivity index (χ4v) is 3.99. The number of carboxylic acid groups (broad SMARTS) is 1. The van der Waals surface area contributed by atoms with Crippen molar-refractivity contribution in [2.24, 2.45) is 0 Å². The van der Waals surface area contributed by atoms with Crippen molar-refractivity contribution in [3.05, 3.63) is 77.4 Å². The molecule has 196 valence electrons. The van der Waals surface area contributed by atoms with E-state index in [0.29, 0.717) is 17.2 Å². The summed E-state index contributed by atoms with van der Waals surface area (Å²) < 4.78 is 27.4. The number of carbonyl (C=O) groups is 2. The van der Waals surface area contributed by atoms with E-state index in [0.717, 1.165) is 11.1 Å². The minimum absolute atomic E-state index is 0.00838. The molecule has 9 nitrogen and oxygen atoms in total. The van der Waals surface area contributed by atoms with Crippen LogP contribution in [0.2, 0.25) is 0 Å². The second-order valence-electron chi connectivity index (χ2n) is 8.07. The number of para-hydroxylation sites is 1. The first kappa shape index (κ1) is 27.2. The van der Waals surface area contributed by atoms with Crippen molar-refractivity contribution in [3.8, 4) is 28.7 Å². The molecular formula is C28H31NO8. The number of hydrogen-bond acceptors (Lipinski definition) is 7. The average Bonchev–Trinajstić information content (AvgIpc) is 2.93. The van der Waals surface area contributed by atoms with Crippen molar-refractivity contribution >= 4 is 11.9 Å². The topological polar surface area (TPSA) is 104 Å². The molecule has 0 fully saturated rings. The molecule has 0 saturated heterocycles. The molecule has 1 atom stereocenters. The van der Waals surface area contributed by atoms with Gasteiger partial charge in [0, 0.05) is 6.54 Å². The summed E-state index contributed by atoms with van der Waals surface area (Å²) in [6.07, 6.45) is 0. The first-order valence-corrected chi connectivity index (χ1v) is 11.5. The van der Waals surface area contributed by atoms with E-state index in [-0.39, 0.29) is 35.6 Å². The molecule has 37 heavy (non-hydrogen) atoms. The minimum Gasteiger partial charge on any atom is -0.493 e. The van der Waals surface area contributed by atoms with Crippen LogP contribution in [0.1, 0.15) is 34.5 Å². The molecule has 0 saturated carbocycles. The number of carboxylic acids is 1. The van der Waals surface area contributed by atoms with E-state index in [9.17, 15) is 14.7 Å². The van der Waals surface area contributed by atoms with Crippen LogP contribution in [0.3, 0.4) is 0 Å². The summed E-state index contributed by atoms with van der Waals surface area (Å²) in [6.45, 7) is 1.71. The molecule has 0 aliphatic rings. The number of rotatable bonds is 12. The van der Waals surface area contributed by atoms with E-state index in [1.54, 1.807) is 29.2 Å². The molecule has 3 aromatic carbocycles. The lowest BCUT2D eigenvalue weighted by molar-refractivity contribution is -0.136. The van der Waals surface area contributed by atoms with Crippen LogP contribution in [0.5, 0.6) is 28.7 Å². The molecule has 0 aliphatic heterocycles. The summed E-state index contributed by atoms with van der Waals surface area (Å²) in [4.78, 5) is 26.9. The minimum atomic E-state index is -1.19. The van der Waals surface area contributed by atoms with Crippen LogP contribution < -0.4 is 23.7 Å². The van der Waals surface area contributed by atoms with Crippen molar-refractivity contribution < 1.29 is 38.4 Å². The van der Waals surface area contributed by atoms with Gasteiger partial charge in [-0.25, -0.2) is 4.79 Å². The molecule has 1 N–H and O–H groups in total. The predicted molar refractivity (Wildman–Crippen MR) is 137 cm³/mol. The first-order valence-electron chi connectivity index (χ1n) is 11.5. The van der Waals surface area contributed by atoms with E-state index in [1.807, 2.05) is 37.3 Å². The molecule has 0 radical (unpaired) electrons. The maximum atomic E-state index is 13.6. The van der Waals surface area contributed by atoms with Gasteiger partial charge in [0.05, 0.1) is 34.5 Å². The van der Waals surface area contributed by atoms with Crippen molar-refractivity contribution in [3.63, 3.8) is 0 Å². The van der Waals surface area contributed by atoms with Gasteiger partial charge in [-0.3, -0.25) is 4.79 Å². The Morgan fingerprint density at radius 1 is 0.811 bits per heavy atom. The molecule has 3 aromatic rings. The Balaban J connectivity index is 1.95. The summed E-state index contributed by atoms with van der Waals surface area (Å²) in [7, 11) is 5.98. The van der Waals surface area contributed by atoms with Crippen LogP contribution in [0.15, 0.2) is 60.7 Å². The van der Waals surface area contributed by atoms with E-state index < -0.39 is 12.6 Å². The number of hydrogen-bond donors (Lipinski definition) is 1. The second-order valence-corrected chi connectivity index (χ2v) is 8.07. The van der Waals surface area contributed by atoms with Gasteiger partial charge in [0.2, 0.25) is 5.75 Å². The highest BCUT2D eigenvalue weighted by molar-refractivity contribution is 5.92. The molecule has 0 heterocycles. The average molecular weight is 510 g/mol. The normalized spacial score (nSPS) is 11.3. The van der Waals surface area contributed by atoms with Crippen LogP contribution >= 0.6 is 0 Å². The van der Waals surface area contributed by atoms with E-state index in [4.69, 9.17) is 23.7 Å². The van der Waals surface area contributed by atoms with Gasteiger partial charge < -0.3 is 33.7 Å². The molecule has 0 bridgehead atoms. The summed E-state index contributed by atoms with van der Waals surface area (Å²) in [5.74, 6) is 0.0518. The van der Waals surface area contributed by atoms with Gasteiger partial charge in [0.1, 0.15) is 5.56 Å². The summed E-state index contributed by atoms with van der Waals surface area (Å²) in [5, 5.41) is 9.57. The number of aromatic carboxylic acids is 1. The lowest BCUT2D eigenvalue weighted by Crippen LogP contribution is -2.36. The van der Waals surface area contributed by atoms with Crippen molar-refractivity contribution in [1.82, 2.24) is 4.90 Å². The Kier molecular flexibility index (Phi) is 9.21. The zero-order valence-electron chi connectivity index (χ0n) is 21.5.